The minimum atomic E-state index is -1.92. The van der Waals surface area contributed by atoms with Crippen molar-refractivity contribution in [3.8, 4) is 0 Å². The van der Waals surface area contributed by atoms with Crippen molar-refractivity contribution in [3.05, 3.63) is 59.9 Å². The highest BCUT2D eigenvalue weighted by molar-refractivity contribution is 6.34. The van der Waals surface area contributed by atoms with E-state index in [0.29, 0.717) is 5.69 Å². The van der Waals surface area contributed by atoms with E-state index in [1.54, 1.807) is 24.4 Å². The van der Waals surface area contributed by atoms with Crippen molar-refractivity contribution in [2.24, 2.45) is 11.7 Å². The normalized spacial score (nSPS) is 23.6. The van der Waals surface area contributed by atoms with Crippen LogP contribution in [0.25, 0.3) is 0 Å². The number of esters is 1. The number of hydrogen-bond acceptors (Lipinski definition) is 7. The highest BCUT2D eigenvalue weighted by Gasteiger charge is 2.54. The number of anilines is 1. The number of nitrogens with one attached hydrogen (secondary N) is 1. The number of nitrogens with two attached hydrogens (primary N) is 1. The zero-order chi connectivity index (χ0) is 22.0. The Morgan fingerprint density at radius 3 is 2.68 bits per heavy atom. The Kier molecular flexibility index (Phi) is 5.73. The second-order valence-corrected chi connectivity index (χ2v) is 8.25. The van der Waals surface area contributed by atoms with Gasteiger partial charge in [0.2, 0.25) is 5.78 Å². The lowest BCUT2D eigenvalue weighted by atomic mass is 9.66. The van der Waals surface area contributed by atoms with E-state index in [4.69, 9.17) is 10.5 Å². The molecule has 4 unspecified atom stereocenters. The second kappa shape index (κ2) is 8.47. The smallest absolute Gasteiger partial charge is 0.375 e. The van der Waals surface area contributed by atoms with Gasteiger partial charge >= 0.3 is 11.9 Å². The molecule has 1 fully saturated rings. The zero-order valence-electron chi connectivity index (χ0n) is 17.0. The van der Waals surface area contributed by atoms with E-state index in [-0.39, 0.29) is 18.6 Å². The Labute approximate surface area is 179 Å². The van der Waals surface area contributed by atoms with E-state index in [2.05, 4.69) is 10.3 Å². The van der Waals surface area contributed by atoms with Crippen LogP contribution in [0.15, 0.2) is 48.7 Å². The molecule has 8 nitrogen and oxygen atoms in total. The molecule has 1 aliphatic heterocycles. The number of aromatic nitrogens is 1. The summed E-state index contributed by atoms with van der Waals surface area (Å²) >= 11 is 0. The molecule has 4 N–H and O–H groups in total. The average Bonchev–Trinajstić information content (AvgIpc) is 3.24. The van der Waals surface area contributed by atoms with Crippen LogP contribution in [0.1, 0.15) is 42.9 Å². The standard InChI is InChI=1S/C23H25N3O5/c24-23(22(29)30,12-19(27)21(28)31-13-14-6-3-4-11-25-14)20-15-7-1-2-9-17(15)26-18-10-5-8-16(18)20/h1-4,6-7,9,11,16,18,20,26H,5,8,10,12-13,24H2,(H,29,30). The van der Waals surface area contributed by atoms with Crippen molar-refractivity contribution in [1.82, 2.24) is 4.98 Å². The number of pyridine rings is 1. The second-order valence-electron chi connectivity index (χ2n) is 8.25. The number of carboxylic acid groups (broad SMARTS) is 1. The monoisotopic (exact) mass is 423 g/mol. The molecule has 2 aliphatic rings. The number of carboxylic acids is 1. The maximum atomic E-state index is 12.7. The topological polar surface area (TPSA) is 132 Å². The first-order valence-electron chi connectivity index (χ1n) is 10.4. The van der Waals surface area contributed by atoms with Gasteiger partial charge in [-0.25, -0.2) is 4.79 Å². The van der Waals surface area contributed by atoms with E-state index in [1.807, 2.05) is 24.3 Å². The molecule has 0 saturated heterocycles. The van der Waals surface area contributed by atoms with E-state index in [1.165, 1.54) is 0 Å². The molecular weight excluding hydrogens is 398 g/mol. The Morgan fingerprint density at radius 1 is 1.16 bits per heavy atom. The Morgan fingerprint density at radius 2 is 1.94 bits per heavy atom. The van der Waals surface area contributed by atoms with Crippen LogP contribution in [0.4, 0.5) is 5.69 Å². The molecule has 2 heterocycles. The molecule has 162 valence electrons. The third-order valence-electron chi connectivity index (χ3n) is 6.35. The molecule has 8 heteroatoms. The van der Waals surface area contributed by atoms with Crippen molar-refractivity contribution >= 4 is 23.4 Å². The van der Waals surface area contributed by atoms with Gasteiger partial charge in [-0.2, -0.15) is 0 Å². The number of para-hydroxylation sites is 1. The van der Waals surface area contributed by atoms with E-state index >= 15 is 0 Å². The van der Waals surface area contributed by atoms with Gasteiger partial charge in [0.15, 0.2) is 0 Å². The molecule has 0 radical (unpaired) electrons. The SMILES string of the molecule is NC(CC(=O)C(=O)OCc1ccccn1)(C(=O)O)C1c2ccccc2NC2CCCC21. The number of nitrogens with zero attached hydrogens (tertiary/aromatic N) is 1. The van der Waals surface area contributed by atoms with Gasteiger partial charge in [-0.15, -0.1) is 0 Å². The van der Waals surface area contributed by atoms with Crippen molar-refractivity contribution in [2.45, 2.75) is 49.8 Å². The van der Waals surface area contributed by atoms with Gasteiger partial charge in [0.05, 0.1) is 5.69 Å². The Bertz CT molecular complexity index is 996. The highest BCUT2D eigenvalue weighted by Crippen LogP contribution is 2.50. The third kappa shape index (κ3) is 4.03. The summed E-state index contributed by atoms with van der Waals surface area (Å²) in [4.78, 5) is 41.4. The predicted octanol–water partition coefficient (Wildman–Crippen LogP) is 2.24. The molecule has 4 rings (SSSR count). The summed E-state index contributed by atoms with van der Waals surface area (Å²) in [6, 6.07) is 12.6. The first-order valence-corrected chi connectivity index (χ1v) is 10.4. The molecule has 1 aromatic heterocycles. The molecule has 0 bridgehead atoms. The summed E-state index contributed by atoms with van der Waals surface area (Å²) < 4.78 is 5.05. The fourth-order valence-corrected chi connectivity index (χ4v) is 4.92. The number of ether oxygens (including phenoxy) is 1. The van der Waals surface area contributed by atoms with Crippen molar-refractivity contribution in [3.63, 3.8) is 0 Å². The highest BCUT2D eigenvalue weighted by atomic mass is 16.5. The van der Waals surface area contributed by atoms with Gasteiger partial charge in [0, 0.05) is 30.3 Å². The maximum absolute atomic E-state index is 12.7. The quantitative estimate of drug-likeness (QED) is 0.456. The van der Waals surface area contributed by atoms with Gasteiger partial charge in [-0.3, -0.25) is 14.6 Å². The van der Waals surface area contributed by atoms with E-state index < -0.39 is 35.6 Å². The minimum absolute atomic E-state index is 0.0339. The van der Waals surface area contributed by atoms with E-state index in [0.717, 1.165) is 30.5 Å². The Hall–Kier alpha value is -3.26. The van der Waals surface area contributed by atoms with Crippen molar-refractivity contribution < 1.29 is 24.2 Å². The molecule has 0 amide bonds. The van der Waals surface area contributed by atoms with Crippen molar-refractivity contribution in [1.29, 1.82) is 0 Å². The minimum Gasteiger partial charge on any atom is -0.480 e. The average molecular weight is 423 g/mol. The van der Waals surface area contributed by atoms with Crippen LogP contribution in [0.3, 0.4) is 0 Å². The van der Waals surface area contributed by atoms with Crippen LogP contribution in [0.5, 0.6) is 0 Å². The predicted molar refractivity (Wildman–Crippen MR) is 112 cm³/mol. The number of carbonyl (C=O) groups excluding carboxylic acids is 2. The summed E-state index contributed by atoms with van der Waals surface area (Å²) in [6.45, 7) is -0.170. The summed E-state index contributed by atoms with van der Waals surface area (Å²) in [5.74, 6) is -3.99. The van der Waals surface area contributed by atoms with Gasteiger partial charge in [0.1, 0.15) is 12.1 Å². The van der Waals surface area contributed by atoms with Crippen LogP contribution in [0, 0.1) is 5.92 Å². The zero-order valence-corrected chi connectivity index (χ0v) is 17.0. The van der Waals surface area contributed by atoms with Gasteiger partial charge in [-0.05, 0) is 42.5 Å². The van der Waals surface area contributed by atoms with Gasteiger partial charge < -0.3 is 20.9 Å². The number of fused-ring (bicyclic) bond motifs is 2. The number of carbonyl (C=O) groups is 3. The van der Waals surface area contributed by atoms with Gasteiger partial charge in [-0.1, -0.05) is 30.7 Å². The summed E-state index contributed by atoms with van der Waals surface area (Å²) in [5, 5.41) is 13.6. The number of rotatable bonds is 7. The molecule has 4 atom stereocenters. The molecule has 0 spiro atoms. The fourth-order valence-electron chi connectivity index (χ4n) is 4.92. The molecular formula is C23H25N3O5. The molecule has 31 heavy (non-hydrogen) atoms. The summed E-state index contributed by atoms with van der Waals surface area (Å²) in [5.41, 5.74) is 6.63. The van der Waals surface area contributed by atoms with Crippen LogP contribution < -0.4 is 11.1 Å². The third-order valence-corrected chi connectivity index (χ3v) is 6.35. The first kappa shape index (κ1) is 21.0. The lowest BCUT2D eigenvalue weighted by molar-refractivity contribution is -0.157. The Balaban J connectivity index is 1.57. The molecule has 1 aromatic carbocycles. The first-order chi connectivity index (χ1) is 14.9. The summed E-state index contributed by atoms with van der Waals surface area (Å²) in [6.07, 6.45) is 3.58. The summed E-state index contributed by atoms with van der Waals surface area (Å²) in [7, 11) is 0. The molecule has 1 aliphatic carbocycles. The lowest BCUT2D eigenvalue weighted by Crippen LogP contribution is -2.59. The molecule has 1 saturated carbocycles. The number of aliphatic carboxylic acids is 1. The van der Waals surface area contributed by atoms with Gasteiger partial charge in [0.25, 0.3) is 0 Å². The maximum Gasteiger partial charge on any atom is 0.375 e. The largest absolute Gasteiger partial charge is 0.480 e. The molecule has 2 aromatic rings. The fraction of sp³-hybridized carbons (Fsp3) is 0.391. The van der Waals surface area contributed by atoms with E-state index in [9.17, 15) is 19.5 Å². The van der Waals surface area contributed by atoms with Crippen LogP contribution in [-0.2, 0) is 25.7 Å². The lowest BCUT2D eigenvalue weighted by Gasteiger charge is -2.44. The number of Topliss-reactive ketones (excluding diaryl/α,β-unsaturated/α-hetero) is 1. The van der Waals surface area contributed by atoms with Crippen LogP contribution >= 0.6 is 0 Å². The van der Waals surface area contributed by atoms with Crippen molar-refractivity contribution in [2.75, 3.05) is 5.32 Å². The number of benzene rings is 1. The van der Waals surface area contributed by atoms with Crippen LogP contribution in [-0.4, -0.2) is 39.4 Å². The number of ketones is 1. The number of hydrogen-bond donors (Lipinski definition) is 3. The van der Waals surface area contributed by atoms with Crippen LogP contribution in [0.2, 0.25) is 0 Å².